The van der Waals surface area contributed by atoms with Crippen molar-refractivity contribution >= 4 is 5.78 Å². The van der Waals surface area contributed by atoms with Crippen LogP contribution in [0.3, 0.4) is 0 Å². The molecule has 1 N–H and O–H groups in total. The minimum atomic E-state index is -0.820. The third-order valence-corrected chi connectivity index (χ3v) is 1.99. The van der Waals surface area contributed by atoms with Gasteiger partial charge in [-0.1, -0.05) is 6.08 Å². The molecule has 2 nitrogen and oxygen atoms in total. The fourth-order valence-corrected chi connectivity index (χ4v) is 1.33. The fraction of sp³-hybridized carbons (Fsp3) is 0.667. The molecule has 0 aliphatic heterocycles. The number of hydrogen-bond acceptors (Lipinski definition) is 2. The Morgan fingerprint density at radius 3 is 2.82 bits per heavy atom. The molecule has 11 heavy (non-hydrogen) atoms. The summed E-state index contributed by atoms with van der Waals surface area (Å²) in [7, 11) is 0. The lowest BCUT2D eigenvalue weighted by Crippen LogP contribution is -2.19. The zero-order chi connectivity index (χ0) is 8.27. The first-order valence-electron chi connectivity index (χ1n) is 4.13. The molecule has 2 heteroatoms. The Morgan fingerprint density at radius 1 is 1.64 bits per heavy atom. The smallest absolute Gasteiger partial charge is 0.186 e. The molecule has 0 heterocycles. The SMILES string of the molecule is C[C@@H](O)C(=O)C1=CCCCC1. The molecule has 0 aromatic carbocycles. The molecule has 0 saturated carbocycles. The van der Waals surface area contributed by atoms with Gasteiger partial charge in [0.25, 0.3) is 0 Å². The lowest BCUT2D eigenvalue weighted by atomic mass is 9.95. The van der Waals surface area contributed by atoms with Crippen LogP contribution in [0.2, 0.25) is 0 Å². The maximum absolute atomic E-state index is 11.2. The maximum atomic E-state index is 11.2. The topological polar surface area (TPSA) is 37.3 Å². The number of aliphatic hydroxyl groups excluding tert-OH is 1. The zero-order valence-corrected chi connectivity index (χ0v) is 6.84. The predicted octanol–water partition coefficient (Wildman–Crippen LogP) is 1.44. The first-order valence-corrected chi connectivity index (χ1v) is 4.13. The van der Waals surface area contributed by atoms with Gasteiger partial charge in [-0.05, 0) is 38.2 Å². The van der Waals surface area contributed by atoms with Crippen LogP contribution in [0, 0.1) is 0 Å². The Bertz CT molecular complexity index is 180. The van der Waals surface area contributed by atoms with Gasteiger partial charge >= 0.3 is 0 Å². The molecular formula is C9H14O2. The van der Waals surface area contributed by atoms with Crippen molar-refractivity contribution in [3.05, 3.63) is 11.6 Å². The van der Waals surface area contributed by atoms with Crippen LogP contribution in [0.5, 0.6) is 0 Å². The van der Waals surface area contributed by atoms with Gasteiger partial charge in [-0.15, -0.1) is 0 Å². The number of ketones is 1. The first-order chi connectivity index (χ1) is 5.22. The fourth-order valence-electron chi connectivity index (χ4n) is 1.33. The summed E-state index contributed by atoms with van der Waals surface area (Å²) < 4.78 is 0. The van der Waals surface area contributed by atoms with Crippen LogP contribution in [0.4, 0.5) is 0 Å². The summed E-state index contributed by atoms with van der Waals surface area (Å²) in [5, 5.41) is 8.98. The number of aliphatic hydroxyl groups is 1. The van der Waals surface area contributed by atoms with Crippen LogP contribution < -0.4 is 0 Å². The van der Waals surface area contributed by atoms with Crippen LogP contribution >= 0.6 is 0 Å². The second kappa shape index (κ2) is 3.67. The van der Waals surface area contributed by atoms with Gasteiger partial charge in [0.1, 0.15) is 6.10 Å². The minimum Gasteiger partial charge on any atom is -0.385 e. The third-order valence-electron chi connectivity index (χ3n) is 1.99. The highest BCUT2D eigenvalue weighted by Crippen LogP contribution is 2.18. The molecule has 0 saturated heterocycles. The van der Waals surface area contributed by atoms with Crippen LogP contribution in [0.25, 0.3) is 0 Å². The Hall–Kier alpha value is -0.630. The molecule has 1 aliphatic carbocycles. The van der Waals surface area contributed by atoms with E-state index in [1.165, 1.54) is 13.3 Å². The van der Waals surface area contributed by atoms with Gasteiger partial charge in [0.2, 0.25) is 0 Å². The van der Waals surface area contributed by atoms with Gasteiger partial charge in [-0.3, -0.25) is 4.79 Å². The second-order valence-electron chi connectivity index (χ2n) is 3.02. The summed E-state index contributed by atoms with van der Waals surface area (Å²) in [5.74, 6) is -0.0929. The number of allylic oxidation sites excluding steroid dienone is 1. The van der Waals surface area contributed by atoms with Crippen molar-refractivity contribution in [1.29, 1.82) is 0 Å². The van der Waals surface area contributed by atoms with E-state index in [9.17, 15) is 4.79 Å². The highest BCUT2D eigenvalue weighted by Gasteiger charge is 2.15. The van der Waals surface area contributed by atoms with E-state index in [-0.39, 0.29) is 5.78 Å². The zero-order valence-electron chi connectivity index (χ0n) is 6.84. The van der Waals surface area contributed by atoms with Gasteiger partial charge in [-0.25, -0.2) is 0 Å². The number of Topliss-reactive ketones (excluding diaryl/α,β-unsaturated/α-hetero) is 1. The normalized spacial score (nSPS) is 20.7. The lowest BCUT2D eigenvalue weighted by molar-refractivity contribution is -0.122. The quantitative estimate of drug-likeness (QED) is 0.653. The van der Waals surface area contributed by atoms with Gasteiger partial charge in [0, 0.05) is 0 Å². The summed E-state index contributed by atoms with van der Waals surface area (Å²) in [6.45, 7) is 1.53. The highest BCUT2D eigenvalue weighted by atomic mass is 16.3. The van der Waals surface area contributed by atoms with Crippen LogP contribution in [0.1, 0.15) is 32.6 Å². The van der Waals surface area contributed by atoms with Gasteiger partial charge < -0.3 is 5.11 Å². The van der Waals surface area contributed by atoms with E-state index < -0.39 is 6.10 Å². The maximum Gasteiger partial charge on any atom is 0.186 e. The molecule has 0 unspecified atom stereocenters. The van der Waals surface area contributed by atoms with E-state index >= 15 is 0 Å². The third kappa shape index (κ3) is 2.15. The first kappa shape index (κ1) is 8.47. The van der Waals surface area contributed by atoms with E-state index in [0.717, 1.165) is 24.8 Å². The van der Waals surface area contributed by atoms with Crippen molar-refractivity contribution in [2.45, 2.75) is 38.7 Å². The standard InChI is InChI=1S/C9H14O2/c1-7(10)9(11)8-5-3-2-4-6-8/h5,7,10H,2-4,6H2,1H3/t7-/m1/s1. The lowest BCUT2D eigenvalue weighted by Gasteiger charge is -2.12. The molecule has 62 valence electrons. The molecule has 0 fully saturated rings. The average Bonchev–Trinajstić information content (AvgIpc) is 2.05. The van der Waals surface area contributed by atoms with Crippen molar-refractivity contribution in [2.24, 2.45) is 0 Å². The van der Waals surface area contributed by atoms with Crippen LogP contribution in [0.15, 0.2) is 11.6 Å². The molecule has 0 amide bonds. The van der Waals surface area contributed by atoms with Crippen molar-refractivity contribution in [3.8, 4) is 0 Å². The van der Waals surface area contributed by atoms with E-state index in [2.05, 4.69) is 0 Å². The molecule has 0 spiro atoms. The largest absolute Gasteiger partial charge is 0.385 e. The molecule has 0 bridgehead atoms. The van der Waals surface area contributed by atoms with E-state index in [0.29, 0.717) is 0 Å². The average molecular weight is 154 g/mol. The molecule has 0 aromatic heterocycles. The van der Waals surface area contributed by atoms with Gasteiger partial charge in [-0.2, -0.15) is 0 Å². The predicted molar refractivity (Wildman–Crippen MR) is 43.2 cm³/mol. The monoisotopic (exact) mass is 154 g/mol. The molecular weight excluding hydrogens is 140 g/mol. The minimum absolute atomic E-state index is 0.0929. The van der Waals surface area contributed by atoms with E-state index in [1.807, 2.05) is 6.08 Å². The summed E-state index contributed by atoms with van der Waals surface area (Å²) in [6.07, 6.45) is 5.25. The number of carbonyl (C=O) groups is 1. The van der Waals surface area contributed by atoms with Gasteiger partial charge in [0.05, 0.1) is 0 Å². The molecule has 0 aromatic rings. The summed E-state index contributed by atoms with van der Waals surface area (Å²) in [6, 6.07) is 0. The van der Waals surface area contributed by atoms with Crippen molar-refractivity contribution in [1.82, 2.24) is 0 Å². The summed E-state index contributed by atoms with van der Waals surface area (Å²) in [4.78, 5) is 11.2. The Balaban J connectivity index is 2.58. The number of hydrogen-bond donors (Lipinski definition) is 1. The molecule has 1 atom stereocenters. The number of carbonyl (C=O) groups excluding carboxylic acids is 1. The number of rotatable bonds is 2. The summed E-state index contributed by atoms with van der Waals surface area (Å²) in [5.41, 5.74) is 0.825. The molecule has 0 radical (unpaired) electrons. The summed E-state index contributed by atoms with van der Waals surface area (Å²) >= 11 is 0. The van der Waals surface area contributed by atoms with E-state index in [4.69, 9.17) is 5.11 Å². The Morgan fingerprint density at radius 2 is 2.36 bits per heavy atom. The van der Waals surface area contributed by atoms with Gasteiger partial charge in [0.15, 0.2) is 5.78 Å². The Labute approximate surface area is 66.9 Å². The second-order valence-corrected chi connectivity index (χ2v) is 3.02. The van der Waals surface area contributed by atoms with E-state index in [1.54, 1.807) is 0 Å². The van der Waals surface area contributed by atoms with Crippen LogP contribution in [-0.4, -0.2) is 17.0 Å². The highest BCUT2D eigenvalue weighted by molar-refractivity contribution is 5.98. The molecule has 1 aliphatic rings. The van der Waals surface area contributed by atoms with Crippen molar-refractivity contribution in [2.75, 3.05) is 0 Å². The Kier molecular flexibility index (Phi) is 2.83. The van der Waals surface area contributed by atoms with Crippen LogP contribution in [-0.2, 0) is 4.79 Å². The van der Waals surface area contributed by atoms with Crippen molar-refractivity contribution in [3.63, 3.8) is 0 Å². The van der Waals surface area contributed by atoms with Crippen molar-refractivity contribution < 1.29 is 9.90 Å². The molecule has 1 rings (SSSR count).